The summed E-state index contributed by atoms with van der Waals surface area (Å²) in [5.41, 5.74) is 0. The highest BCUT2D eigenvalue weighted by Crippen LogP contribution is 2.37. The van der Waals surface area contributed by atoms with Crippen LogP contribution in [0.25, 0.3) is 0 Å². The number of methoxy groups -OCH3 is 2. The lowest BCUT2D eigenvalue weighted by atomic mass is 10.0. The number of ether oxygens (including phenoxy) is 3. The number of aliphatic hydroxyl groups is 1. The molecule has 20 heavy (non-hydrogen) atoms. The summed E-state index contributed by atoms with van der Waals surface area (Å²) in [7, 11) is 1.34. The molecule has 1 saturated heterocycles. The molecule has 0 spiro atoms. The number of rotatable bonds is 5. The molecule has 1 rings (SSSR count). The highest BCUT2D eigenvalue weighted by Gasteiger charge is 2.41. The van der Waals surface area contributed by atoms with Gasteiger partial charge in [0.05, 0.1) is 12.7 Å². The second-order valence-electron chi connectivity index (χ2n) is 6.93. The first-order valence-electron chi connectivity index (χ1n) is 7.15. The van der Waals surface area contributed by atoms with Crippen molar-refractivity contribution in [2.24, 2.45) is 0 Å². The maximum atomic E-state index is 10.2. The van der Waals surface area contributed by atoms with E-state index in [1.807, 2.05) is 0 Å². The maximum absolute atomic E-state index is 10.2. The van der Waals surface area contributed by atoms with Gasteiger partial charge in [0.15, 0.2) is 14.6 Å². The molecule has 1 aliphatic heterocycles. The van der Waals surface area contributed by atoms with Crippen molar-refractivity contribution in [2.45, 2.75) is 69.9 Å². The molecule has 0 aromatic rings. The monoisotopic (exact) mass is 306 g/mol. The second kappa shape index (κ2) is 6.85. The molecule has 0 saturated carbocycles. The van der Waals surface area contributed by atoms with Crippen LogP contribution in [0.15, 0.2) is 0 Å². The predicted molar refractivity (Wildman–Crippen MR) is 80.2 cm³/mol. The third kappa shape index (κ3) is 4.25. The van der Waals surface area contributed by atoms with Gasteiger partial charge in [0.25, 0.3) is 0 Å². The molecule has 0 aromatic heterocycles. The second-order valence-corrected chi connectivity index (χ2v) is 11.7. The summed E-state index contributed by atoms with van der Waals surface area (Å²) in [4.78, 5) is 0. The zero-order chi connectivity index (χ0) is 15.6. The zero-order valence-electron chi connectivity index (χ0n) is 13.8. The fourth-order valence-corrected chi connectivity index (χ4v) is 2.94. The summed E-state index contributed by atoms with van der Waals surface area (Å²) in [6.07, 6.45) is -1.13. The van der Waals surface area contributed by atoms with Crippen molar-refractivity contribution in [3.05, 3.63) is 0 Å². The van der Waals surface area contributed by atoms with E-state index in [0.717, 1.165) is 0 Å². The molecule has 0 aliphatic carbocycles. The molecule has 1 heterocycles. The number of hydrogen-bond acceptors (Lipinski definition) is 5. The number of aliphatic hydroxyl groups excluding tert-OH is 1. The van der Waals surface area contributed by atoms with Gasteiger partial charge in [-0.15, -0.1) is 0 Å². The smallest absolute Gasteiger partial charge is 0.192 e. The van der Waals surface area contributed by atoms with Gasteiger partial charge in [0.1, 0.15) is 12.2 Å². The van der Waals surface area contributed by atoms with Crippen LogP contribution in [0, 0.1) is 0 Å². The minimum atomic E-state index is -1.84. The lowest BCUT2D eigenvalue weighted by Crippen LogP contribution is -2.52. The standard InChI is InChI=1S/C14H30O5Si/c1-14(2,3)20(6,7)18-9-12-10(15)8-11(16-4)13(17-5)19-12/h10-13,15H,8-9H2,1-7H3/t10-,11+,12+,13-/m0/s1. The quantitative estimate of drug-likeness (QED) is 0.789. The first kappa shape index (κ1) is 18.1. The van der Waals surface area contributed by atoms with E-state index in [2.05, 4.69) is 33.9 Å². The summed E-state index contributed by atoms with van der Waals surface area (Å²) < 4.78 is 22.4. The highest BCUT2D eigenvalue weighted by molar-refractivity contribution is 6.74. The van der Waals surface area contributed by atoms with E-state index in [-0.39, 0.29) is 17.2 Å². The summed E-state index contributed by atoms with van der Waals surface area (Å²) in [6.45, 7) is 11.3. The van der Waals surface area contributed by atoms with E-state index in [4.69, 9.17) is 18.6 Å². The van der Waals surface area contributed by atoms with Crippen molar-refractivity contribution in [3.63, 3.8) is 0 Å². The molecular formula is C14H30O5Si. The molecule has 0 aromatic carbocycles. The van der Waals surface area contributed by atoms with Crippen LogP contribution < -0.4 is 0 Å². The SMILES string of the molecule is CO[C@H]1O[C@H](CO[Si](C)(C)C(C)(C)C)[C@@H](O)C[C@H]1OC. The van der Waals surface area contributed by atoms with E-state index in [1.165, 1.54) is 0 Å². The van der Waals surface area contributed by atoms with Crippen LogP contribution >= 0.6 is 0 Å². The van der Waals surface area contributed by atoms with Gasteiger partial charge in [-0.2, -0.15) is 0 Å². The molecule has 1 fully saturated rings. The van der Waals surface area contributed by atoms with Crippen LogP contribution in [-0.4, -0.2) is 58.9 Å². The van der Waals surface area contributed by atoms with Crippen molar-refractivity contribution in [1.29, 1.82) is 0 Å². The van der Waals surface area contributed by atoms with Crippen LogP contribution in [0.5, 0.6) is 0 Å². The molecule has 120 valence electrons. The first-order chi connectivity index (χ1) is 9.12. The molecule has 0 bridgehead atoms. The largest absolute Gasteiger partial charge is 0.414 e. The minimum Gasteiger partial charge on any atom is -0.414 e. The molecule has 6 heteroatoms. The third-order valence-electron chi connectivity index (χ3n) is 4.47. The fraction of sp³-hybridized carbons (Fsp3) is 1.00. The molecule has 4 atom stereocenters. The Morgan fingerprint density at radius 2 is 1.80 bits per heavy atom. The highest BCUT2D eigenvalue weighted by atomic mass is 28.4. The Hall–Kier alpha value is 0.0169. The summed E-state index contributed by atoms with van der Waals surface area (Å²) in [6, 6.07) is 0. The summed E-state index contributed by atoms with van der Waals surface area (Å²) in [5.74, 6) is 0. The van der Waals surface area contributed by atoms with E-state index in [1.54, 1.807) is 14.2 Å². The molecule has 5 nitrogen and oxygen atoms in total. The predicted octanol–water partition coefficient (Wildman–Crippen LogP) is 2.15. The Bertz CT molecular complexity index is 302. The Morgan fingerprint density at radius 3 is 2.25 bits per heavy atom. The molecule has 1 aliphatic rings. The molecular weight excluding hydrogens is 276 g/mol. The average molecular weight is 306 g/mol. The molecule has 0 unspecified atom stereocenters. The van der Waals surface area contributed by atoms with Gasteiger partial charge in [0, 0.05) is 20.6 Å². The fourth-order valence-electron chi connectivity index (χ4n) is 1.92. The first-order valence-corrected chi connectivity index (χ1v) is 10.1. The van der Waals surface area contributed by atoms with Crippen LogP contribution in [0.3, 0.4) is 0 Å². The topological polar surface area (TPSA) is 57.2 Å². The Morgan fingerprint density at radius 1 is 1.20 bits per heavy atom. The molecule has 0 amide bonds. The van der Waals surface area contributed by atoms with Gasteiger partial charge in [-0.05, 0) is 18.1 Å². The van der Waals surface area contributed by atoms with Gasteiger partial charge >= 0.3 is 0 Å². The Labute approximate surface area is 123 Å². The Balaban J connectivity index is 2.60. The van der Waals surface area contributed by atoms with Crippen molar-refractivity contribution in [1.82, 2.24) is 0 Å². The minimum absolute atomic E-state index is 0.141. The Kier molecular flexibility index (Phi) is 6.19. The van der Waals surface area contributed by atoms with Gasteiger partial charge in [0.2, 0.25) is 0 Å². The van der Waals surface area contributed by atoms with E-state index in [0.29, 0.717) is 13.0 Å². The molecule has 1 N–H and O–H groups in total. The van der Waals surface area contributed by atoms with Gasteiger partial charge < -0.3 is 23.7 Å². The maximum Gasteiger partial charge on any atom is 0.192 e. The lowest BCUT2D eigenvalue weighted by molar-refractivity contribution is -0.265. The third-order valence-corrected chi connectivity index (χ3v) is 8.97. The van der Waals surface area contributed by atoms with Crippen LogP contribution in [0.4, 0.5) is 0 Å². The van der Waals surface area contributed by atoms with E-state index >= 15 is 0 Å². The van der Waals surface area contributed by atoms with Crippen LogP contribution in [0.1, 0.15) is 27.2 Å². The van der Waals surface area contributed by atoms with E-state index in [9.17, 15) is 5.11 Å². The van der Waals surface area contributed by atoms with E-state index < -0.39 is 20.7 Å². The average Bonchev–Trinajstić information content (AvgIpc) is 2.35. The lowest BCUT2D eigenvalue weighted by Gasteiger charge is -2.41. The number of hydrogen-bond donors (Lipinski definition) is 1. The summed E-state index contributed by atoms with van der Waals surface area (Å²) >= 11 is 0. The van der Waals surface area contributed by atoms with Crippen molar-refractivity contribution in [3.8, 4) is 0 Å². The zero-order valence-corrected chi connectivity index (χ0v) is 14.8. The van der Waals surface area contributed by atoms with Crippen molar-refractivity contribution in [2.75, 3.05) is 20.8 Å². The summed E-state index contributed by atoms with van der Waals surface area (Å²) in [5, 5.41) is 10.3. The van der Waals surface area contributed by atoms with Crippen LogP contribution in [-0.2, 0) is 18.6 Å². The molecule has 0 radical (unpaired) electrons. The van der Waals surface area contributed by atoms with Gasteiger partial charge in [-0.1, -0.05) is 20.8 Å². The van der Waals surface area contributed by atoms with Gasteiger partial charge in [-0.3, -0.25) is 0 Å². The van der Waals surface area contributed by atoms with Crippen molar-refractivity contribution < 1.29 is 23.7 Å². The van der Waals surface area contributed by atoms with Gasteiger partial charge in [-0.25, -0.2) is 0 Å². The van der Waals surface area contributed by atoms with Crippen molar-refractivity contribution >= 4 is 8.32 Å². The normalized spacial score (nSPS) is 32.4. The van der Waals surface area contributed by atoms with Crippen LogP contribution in [0.2, 0.25) is 18.1 Å².